The molecule has 0 saturated heterocycles. The van der Waals surface area contributed by atoms with E-state index in [0.717, 1.165) is 37.3 Å². The van der Waals surface area contributed by atoms with E-state index in [4.69, 9.17) is 0 Å². The van der Waals surface area contributed by atoms with Crippen LogP contribution in [0.5, 0.6) is 0 Å². The molecule has 3 aromatic rings. The summed E-state index contributed by atoms with van der Waals surface area (Å²) >= 11 is 1.35. The molecule has 1 aliphatic rings. The summed E-state index contributed by atoms with van der Waals surface area (Å²) in [6.45, 7) is 5.90. The second kappa shape index (κ2) is 9.51. The molecule has 0 unspecified atom stereocenters. The van der Waals surface area contributed by atoms with Gasteiger partial charge in [0.15, 0.2) is 5.16 Å². The zero-order chi connectivity index (χ0) is 21.8. The van der Waals surface area contributed by atoms with Crippen molar-refractivity contribution in [1.29, 1.82) is 0 Å². The van der Waals surface area contributed by atoms with Crippen LogP contribution in [0.25, 0.3) is 5.69 Å². The van der Waals surface area contributed by atoms with E-state index in [1.54, 1.807) is 10.9 Å². The van der Waals surface area contributed by atoms with Crippen LogP contribution >= 0.6 is 11.8 Å². The van der Waals surface area contributed by atoms with Crippen LogP contribution in [0.2, 0.25) is 0 Å². The van der Waals surface area contributed by atoms with Gasteiger partial charge in [-0.2, -0.15) is 5.10 Å². The summed E-state index contributed by atoms with van der Waals surface area (Å²) in [5, 5.41) is 16.1. The van der Waals surface area contributed by atoms with Crippen LogP contribution in [-0.4, -0.2) is 47.3 Å². The Morgan fingerprint density at radius 1 is 1.23 bits per heavy atom. The third kappa shape index (κ3) is 4.90. The maximum atomic E-state index is 12.3. The average molecular weight is 442 g/mol. The minimum atomic E-state index is -0.0730. The number of fused-ring (bicyclic) bond motifs is 1. The monoisotopic (exact) mass is 441 g/mol. The van der Waals surface area contributed by atoms with Crippen molar-refractivity contribution in [3.05, 3.63) is 52.0 Å². The molecule has 1 aromatic carbocycles. The van der Waals surface area contributed by atoms with Crippen molar-refractivity contribution >= 4 is 17.7 Å². The summed E-state index contributed by atoms with van der Waals surface area (Å²) in [7, 11) is 0. The smallest absolute Gasteiger partial charge is 0.345 e. The molecular formula is C21H27N7O2S. The molecule has 4 rings (SSSR count). The van der Waals surface area contributed by atoms with Gasteiger partial charge >= 0.3 is 5.69 Å². The molecule has 0 atom stereocenters. The predicted molar refractivity (Wildman–Crippen MR) is 119 cm³/mol. The number of hydrogen-bond acceptors (Lipinski definition) is 6. The number of carbonyl (C=O) groups is 1. The molecule has 0 radical (unpaired) electrons. The van der Waals surface area contributed by atoms with Gasteiger partial charge in [0, 0.05) is 31.7 Å². The van der Waals surface area contributed by atoms with Crippen molar-refractivity contribution in [3.63, 3.8) is 0 Å². The second-order valence-corrected chi connectivity index (χ2v) is 8.72. The first-order valence-corrected chi connectivity index (χ1v) is 11.5. The summed E-state index contributed by atoms with van der Waals surface area (Å²) in [6, 6.07) is 6.16. The van der Waals surface area contributed by atoms with E-state index in [1.165, 1.54) is 27.6 Å². The lowest BCUT2D eigenvalue weighted by molar-refractivity contribution is -0.118. The van der Waals surface area contributed by atoms with Crippen molar-refractivity contribution in [2.24, 2.45) is 0 Å². The number of aromatic nitrogens is 6. The molecule has 0 fully saturated rings. The molecule has 0 bridgehead atoms. The zero-order valence-corrected chi connectivity index (χ0v) is 18.7. The quantitative estimate of drug-likeness (QED) is 0.423. The molecule has 31 heavy (non-hydrogen) atoms. The number of aryl methyl sites for hydroxylation is 4. The van der Waals surface area contributed by atoms with E-state index < -0.39 is 0 Å². The van der Waals surface area contributed by atoms with E-state index >= 15 is 0 Å². The Hall–Kier alpha value is -2.88. The third-order valence-corrected chi connectivity index (χ3v) is 6.46. The normalized spacial score (nSPS) is 13.2. The maximum Gasteiger partial charge on any atom is 0.345 e. The first-order valence-electron chi connectivity index (χ1n) is 10.6. The number of nitrogens with zero attached hydrogens (tertiary/aromatic N) is 6. The Morgan fingerprint density at radius 3 is 2.90 bits per heavy atom. The second-order valence-electron chi connectivity index (χ2n) is 7.77. The standard InChI is InChI=1S/C21H27N7O2S/c1-15-7-8-17(12-16(15)2)27-14-23-24-20(27)31-13-19(29)22-9-5-11-28-21(30)26-10-4-3-6-18(26)25-28/h7-8,12,14H,3-6,9-11,13H2,1-2H3,(H,22,29). The minimum absolute atomic E-state index is 0.0396. The molecule has 0 saturated carbocycles. The summed E-state index contributed by atoms with van der Waals surface area (Å²) in [5.74, 6) is 1.06. The van der Waals surface area contributed by atoms with Crippen LogP contribution in [0.15, 0.2) is 34.5 Å². The number of thioether (sulfide) groups is 1. The van der Waals surface area contributed by atoms with Crippen molar-refractivity contribution < 1.29 is 4.79 Å². The fraction of sp³-hybridized carbons (Fsp3) is 0.476. The lowest BCUT2D eigenvalue weighted by Gasteiger charge is -2.09. The van der Waals surface area contributed by atoms with Gasteiger partial charge in [-0.15, -0.1) is 10.2 Å². The van der Waals surface area contributed by atoms with Crippen molar-refractivity contribution in [2.75, 3.05) is 12.3 Å². The maximum absolute atomic E-state index is 12.3. The molecule has 164 valence electrons. The summed E-state index contributed by atoms with van der Waals surface area (Å²) in [5.41, 5.74) is 3.35. The highest BCUT2D eigenvalue weighted by atomic mass is 32.2. The topological polar surface area (TPSA) is 99.6 Å². The molecule has 1 N–H and O–H groups in total. The van der Waals surface area contributed by atoms with Gasteiger partial charge in [0.2, 0.25) is 5.91 Å². The SMILES string of the molecule is Cc1ccc(-n2cnnc2SCC(=O)NCCCn2nc3n(c2=O)CCCC3)cc1C. The Bertz CT molecular complexity index is 1130. The highest BCUT2D eigenvalue weighted by Gasteiger charge is 2.16. The molecule has 9 nitrogen and oxygen atoms in total. The molecule has 3 heterocycles. The minimum Gasteiger partial charge on any atom is -0.355 e. The fourth-order valence-electron chi connectivity index (χ4n) is 3.61. The van der Waals surface area contributed by atoms with Crippen LogP contribution in [-0.2, 0) is 24.3 Å². The van der Waals surface area contributed by atoms with Crippen molar-refractivity contribution in [2.45, 2.75) is 57.8 Å². The largest absolute Gasteiger partial charge is 0.355 e. The molecule has 10 heteroatoms. The molecule has 0 spiro atoms. The fourth-order valence-corrected chi connectivity index (χ4v) is 4.37. The molecule has 1 amide bonds. The van der Waals surface area contributed by atoms with Gasteiger partial charge in [0.05, 0.1) is 5.75 Å². The van der Waals surface area contributed by atoms with Crippen LogP contribution in [0.3, 0.4) is 0 Å². The number of nitrogens with one attached hydrogen (secondary N) is 1. The first kappa shape index (κ1) is 21.4. The van der Waals surface area contributed by atoms with E-state index in [2.05, 4.69) is 46.6 Å². The van der Waals surface area contributed by atoms with E-state index in [0.29, 0.717) is 24.7 Å². The van der Waals surface area contributed by atoms with Gasteiger partial charge in [-0.05, 0) is 56.4 Å². The zero-order valence-electron chi connectivity index (χ0n) is 17.9. The van der Waals surface area contributed by atoms with Gasteiger partial charge in [-0.3, -0.25) is 13.9 Å². The van der Waals surface area contributed by atoms with Crippen LogP contribution < -0.4 is 11.0 Å². The Labute approximate surface area is 184 Å². The van der Waals surface area contributed by atoms with E-state index in [9.17, 15) is 9.59 Å². The molecule has 2 aromatic heterocycles. The molecule has 0 aliphatic carbocycles. The number of carbonyl (C=O) groups excluding carboxylic acids is 1. The summed E-state index contributed by atoms with van der Waals surface area (Å²) < 4.78 is 5.18. The van der Waals surface area contributed by atoms with Crippen LogP contribution in [0.1, 0.15) is 36.2 Å². The molecule has 1 aliphatic heterocycles. The average Bonchev–Trinajstić information content (AvgIpc) is 3.36. The highest BCUT2D eigenvalue weighted by Crippen LogP contribution is 2.21. The van der Waals surface area contributed by atoms with Crippen molar-refractivity contribution in [3.8, 4) is 5.69 Å². The Morgan fingerprint density at radius 2 is 2.10 bits per heavy atom. The number of hydrogen-bond donors (Lipinski definition) is 1. The number of rotatable bonds is 8. The Kier molecular flexibility index (Phi) is 6.55. The van der Waals surface area contributed by atoms with Crippen LogP contribution in [0, 0.1) is 13.8 Å². The third-order valence-electron chi connectivity index (χ3n) is 5.52. The summed E-state index contributed by atoms with van der Waals surface area (Å²) in [6.07, 6.45) is 5.30. The lowest BCUT2D eigenvalue weighted by atomic mass is 10.1. The predicted octanol–water partition coefficient (Wildman–Crippen LogP) is 1.88. The van der Waals surface area contributed by atoms with Crippen LogP contribution in [0.4, 0.5) is 0 Å². The number of benzene rings is 1. The van der Waals surface area contributed by atoms with Gasteiger partial charge in [0.25, 0.3) is 0 Å². The first-order chi connectivity index (χ1) is 15.0. The number of amides is 1. The van der Waals surface area contributed by atoms with E-state index in [1.807, 2.05) is 10.6 Å². The highest BCUT2D eigenvalue weighted by molar-refractivity contribution is 7.99. The van der Waals surface area contributed by atoms with Gasteiger partial charge < -0.3 is 5.32 Å². The lowest BCUT2D eigenvalue weighted by Crippen LogP contribution is -2.30. The van der Waals surface area contributed by atoms with Crippen molar-refractivity contribution in [1.82, 2.24) is 34.4 Å². The summed E-state index contributed by atoms with van der Waals surface area (Å²) in [4.78, 5) is 24.6. The van der Waals surface area contributed by atoms with Gasteiger partial charge in [0.1, 0.15) is 12.2 Å². The van der Waals surface area contributed by atoms with Gasteiger partial charge in [-0.25, -0.2) is 9.48 Å². The molecular weight excluding hydrogens is 414 g/mol. The van der Waals surface area contributed by atoms with E-state index in [-0.39, 0.29) is 17.3 Å². The Balaban J connectivity index is 1.24. The van der Waals surface area contributed by atoms with Gasteiger partial charge in [-0.1, -0.05) is 17.8 Å².